The zero-order valence-corrected chi connectivity index (χ0v) is 19.2. The van der Waals surface area contributed by atoms with Crippen molar-refractivity contribution in [2.45, 2.75) is 71.6 Å². The lowest BCUT2D eigenvalue weighted by Crippen LogP contribution is -2.50. The van der Waals surface area contributed by atoms with Crippen LogP contribution in [0.1, 0.15) is 71.6 Å². The van der Waals surface area contributed by atoms with Crippen molar-refractivity contribution in [1.82, 2.24) is 5.12 Å². The average Bonchev–Trinajstić information content (AvgIpc) is 3.04. The Morgan fingerprint density at radius 1 is 1.10 bits per heavy atom. The number of ketones is 1. The summed E-state index contributed by atoms with van der Waals surface area (Å²) in [5, 5.41) is 5.25. The van der Waals surface area contributed by atoms with Crippen LogP contribution < -0.4 is 11.6 Å². The summed E-state index contributed by atoms with van der Waals surface area (Å²) in [6.07, 6.45) is 11.6. The van der Waals surface area contributed by atoms with Gasteiger partial charge in [0, 0.05) is 19.6 Å². The molecule has 4 aliphatic carbocycles. The molecule has 0 amide bonds. The Morgan fingerprint density at radius 3 is 2.60 bits per heavy atom. The monoisotopic (exact) mass is 418 g/mol. The maximum Gasteiger partial charge on any atom is 0.159 e. The predicted molar refractivity (Wildman–Crippen MR) is 119 cm³/mol. The number of ether oxygens (including phenoxy) is 1. The number of nitrogens with zero attached hydrogens (tertiary/aromatic N) is 2. The van der Waals surface area contributed by atoms with E-state index >= 15 is 0 Å². The second-order valence-electron chi connectivity index (χ2n) is 11.0. The summed E-state index contributed by atoms with van der Waals surface area (Å²) in [6.45, 7) is 5.20. The topological polar surface area (TPSA) is 93.9 Å². The van der Waals surface area contributed by atoms with Crippen molar-refractivity contribution in [3.63, 3.8) is 0 Å². The van der Waals surface area contributed by atoms with Crippen molar-refractivity contribution in [2.75, 3.05) is 20.3 Å². The van der Waals surface area contributed by atoms with E-state index in [0.717, 1.165) is 42.6 Å². The quantitative estimate of drug-likeness (QED) is 0.298. The van der Waals surface area contributed by atoms with Gasteiger partial charge in [-0.3, -0.25) is 4.79 Å². The maximum absolute atomic E-state index is 13.1. The van der Waals surface area contributed by atoms with Crippen molar-refractivity contribution >= 4 is 11.6 Å². The summed E-state index contributed by atoms with van der Waals surface area (Å²) in [7, 11) is 1.84. The van der Waals surface area contributed by atoms with Gasteiger partial charge in [0.2, 0.25) is 0 Å². The Balaban J connectivity index is 1.43. The molecular weight excluding hydrogens is 376 g/mol. The number of hydrazine groups is 1. The molecule has 0 saturated heterocycles. The first-order valence-electron chi connectivity index (χ1n) is 12.2. The number of methoxy groups -OCH3 is 1. The van der Waals surface area contributed by atoms with E-state index in [9.17, 15) is 4.79 Å². The third-order valence-electron chi connectivity index (χ3n) is 9.46. The van der Waals surface area contributed by atoms with E-state index in [1.165, 1.54) is 56.5 Å². The molecule has 4 rings (SSSR count). The number of hydrazone groups is 1. The van der Waals surface area contributed by atoms with Gasteiger partial charge < -0.3 is 10.5 Å². The Morgan fingerprint density at radius 2 is 1.87 bits per heavy atom. The fraction of sp³-hybridized carbons (Fsp3) is 0.917. The zero-order valence-electron chi connectivity index (χ0n) is 19.2. The molecule has 0 aromatic heterocycles. The first kappa shape index (κ1) is 22.1. The first-order valence-corrected chi connectivity index (χ1v) is 12.2. The van der Waals surface area contributed by atoms with Gasteiger partial charge in [0.25, 0.3) is 0 Å². The first-order chi connectivity index (χ1) is 14.3. The van der Waals surface area contributed by atoms with Crippen LogP contribution in [0.5, 0.6) is 0 Å². The van der Waals surface area contributed by atoms with Gasteiger partial charge in [-0.25, -0.2) is 11.0 Å². The Hall–Kier alpha value is -1.14. The van der Waals surface area contributed by atoms with E-state index in [1.807, 2.05) is 7.11 Å². The van der Waals surface area contributed by atoms with Gasteiger partial charge in [-0.15, -0.1) is 5.10 Å². The smallest absolute Gasteiger partial charge is 0.159 e. The third-order valence-corrected chi connectivity index (χ3v) is 9.46. The van der Waals surface area contributed by atoms with Gasteiger partial charge in [0.15, 0.2) is 5.78 Å². The lowest BCUT2D eigenvalue weighted by atomic mass is 9.49. The lowest BCUT2D eigenvalue weighted by molar-refractivity contribution is -0.131. The highest BCUT2D eigenvalue weighted by molar-refractivity contribution is 5.84. The number of Topliss-reactive ketones (excluding diaryl/α,β-unsaturated/α-hetero) is 1. The fourth-order valence-corrected chi connectivity index (χ4v) is 8.37. The van der Waals surface area contributed by atoms with Crippen LogP contribution in [0.3, 0.4) is 0 Å². The van der Waals surface area contributed by atoms with Gasteiger partial charge in [0.05, 0.1) is 0 Å². The lowest BCUT2D eigenvalue weighted by Gasteiger charge is -2.56. The Kier molecular flexibility index (Phi) is 6.45. The number of hydrogen-bond donors (Lipinski definition) is 2. The summed E-state index contributed by atoms with van der Waals surface area (Å²) in [5.41, 5.74) is 5.76. The maximum atomic E-state index is 13.1. The van der Waals surface area contributed by atoms with Crippen LogP contribution in [-0.2, 0) is 9.53 Å². The molecule has 30 heavy (non-hydrogen) atoms. The van der Waals surface area contributed by atoms with Gasteiger partial charge in [-0.2, -0.15) is 0 Å². The largest absolute Gasteiger partial charge is 0.386 e. The molecule has 0 heterocycles. The third kappa shape index (κ3) is 4.02. The summed E-state index contributed by atoms with van der Waals surface area (Å²) in [6, 6.07) is 0. The minimum Gasteiger partial charge on any atom is -0.386 e. The standard InChI is InChI=1S/C24H42N4O2/c1-15(25)27-28(26)13-23(29)22-9-8-21-20-7-5-17-12-16(14-30-3)4-6-18(17)19(20)10-11-24(21,22)2/h16-22H,4-14,26H2,1-3H3,(H2,25,27). The minimum atomic E-state index is 0.123. The van der Waals surface area contributed by atoms with E-state index in [4.69, 9.17) is 16.3 Å². The van der Waals surface area contributed by atoms with Gasteiger partial charge in [-0.1, -0.05) is 6.92 Å². The normalized spacial score (nSPS) is 43.5. The molecule has 0 aromatic rings. The number of amidine groups is 1. The molecule has 8 unspecified atom stereocenters. The predicted octanol–water partition coefficient (Wildman–Crippen LogP) is 3.55. The highest BCUT2D eigenvalue weighted by Crippen LogP contribution is 2.64. The molecule has 0 radical (unpaired) electrons. The zero-order chi connectivity index (χ0) is 21.5. The van der Waals surface area contributed by atoms with Gasteiger partial charge >= 0.3 is 0 Å². The SMILES string of the molecule is COCC1CCC2C(CCC3C2CCC2(C)C(C(=O)CN(N)/N=C(/C)N)CCC32)C1. The summed E-state index contributed by atoms with van der Waals surface area (Å²) in [5.74, 6) is 11.7. The molecule has 8 atom stereocenters. The van der Waals surface area contributed by atoms with E-state index in [1.54, 1.807) is 6.92 Å². The van der Waals surface area contributed by atoms with Gasteiger partial charge in [0.1, 0.15) is 12.4 Å². The Labute approximate surface area is 182 Å². The number of rotatable bonds is 6. The number of nitrogens with two attached hydrogens (primary N) is 2. The molecule has 6 nitrogen and oxygen atoms in total. The fourth-order valence-electron chi connectivity index (χ4n) is 8.37. The molecule has 0 spiro atoms. The molecule has 6 heteroatoms. The van der Waals surface area contributed by atoms with Crippen LogP contribution >= 0.6 is 0 Å². The number of carbonyl (C=O) groups is 1. The molecule has 170 valence electrons. The van der Waals surface area contributed by atoms with Gasteiger partial charge in [-0.05, 0) is 106 Å². The Bertz CT molecular complexity index is 664. The van der Waals surface area contributed by atoms with Crippen LogP contribution in [0.2, 0.25) is 0 Å². The van der Waals surface area contributed by atoms with Crippen LogP contribution in [0.15, 0.2) is 5.10 Å². The average molecular weight is 419 g/mol. The molecule has 0 aliphatic heterocycles. The van der Waals surface area contributed by atoms with Crippen molar-refractivity contribution in [3.8, 4) is 0 Å². The minimum absolute atomic E-state index is 0.123. The molecule has 0 aromatic carbocycles. The van der Waals surface area contributed by atoms with E-state index in [-0.39, 0.29) is 23.7 Å². The molecule has 0 bridgehead atoms. The molecule has 4 aliphatic rings. The molecule has 4 saturated carbocycles. The van der Waals surface area contributed by atoms with E-state index in [2.05, 4.69) is 12.0 Å². The number of hydrogen-bond acceptors (Lipinski definition) is 5. The highest BCUT2D eigenvalue weighted by Gasteiger charge is 2.58. The highest BCUT2D eigenvalue weighted by atomic mass is 16.5. The number of carbonyl (C=O) groups excluding carboxylic acids is 1. The molecular formula is C24H42N4O2. The van der Waals surface area contributed by atoms with E-state index in [0.29, 0.717) is 11.8 Å². The van der Waals surface area contributed by atoms with Crippen molar-refractivity contribution < 1.29 is 9.53 Å². The summed E-state index contributed by atoms with van der Waals surface area (Å²) in [4.78, 5) is 13.1. The summed E-state index contributed by atoms with van der Waals surface area (Å²) < 4.78 is 5.46. The van der Waals surface area contributed by atoms with Crippen molar-refractivity contribution in [1.29, 1.82) is 0 Å². The second kappa shape index (κ2) is 8.78. The van der Waals surface area contributed by atoms with Crippen LogP contribution in [-0.4, -0.2) is 37.0 Å². The summed E-state index contributed by atoms with van der Waals surface area (Å²) >= 11 is 0. The van der Waals surface area contributed by atoms with E-state index < -0.39 is 0 Å². The van der Waals surface area contributed by atoms with Crippen LogP contribution in [0.25, 0.3) is 0 Å². The number of fused-ring (bicyclic) bond motifs is 5. The molecule has 4 N–H and O–H groups in total. The van der Waals surface area contributed by atoms with Crippen molar-refractivity contribution in [3.05, 3.63) is 0 Å². The molecule has 4 fully saturated rings. The van der Waals surface area contributed by atoms with Crippen LogP contribution in [0.4, 0.5) is 0 Å². The van der Waals surface area contributed by atoms with Crippen molar-refractivity contribution in [2.24, 2.45) is 63.5 Å². The second-order valence-corrected chi connectivity index (χ2v) is 11.0. The van der Waals surface area contributed by atoms with Crippen LogP contribution in [0, 0.1) is 46.8 Å².